The number of fused-ring (bicyclic) bond motifs is 1. The topological polar surface area (TPSA) is 97.3 Å². The van der Waals surface area contributed by atoms with Crippen LogP contribution in [0, 0.1) is 10.1 Å². The van der Waals surface area contributed by atoms with Crippen molar-refractivity contribution in [3.63, 3.8) is 0 Å². The first kappa shape index (κ1) is 9.20. The van der Waals surface area contributed by atoms with E-state index in [0.29, 0.717) is 16.5 Å². The van der Waals surface area contributed by atoms with Crippen molar-refractivity contribution in [2.75, 3.05) is 0 Å². The van der Waals surface area contributed by atoms with E-state index in [2.05, 4.69) is 10.1 Å². The summed E-state index contributed by atoms with van der Waals surface area (Å²) in [7, 11) is 0. The highest BCUT2D eigenvalue weighted by Crippen LogP contribution is 2.27. The third-order valence-corrected chi connectivity index (χ3v) is 2.12. The monoisotopic (exact) mass is 204 g/mol. The number of hydrazone groups is 1. The molecule has 0 radical (unpaired) electrons. The lowest BCUT2D eigenvalue weighted by atomic mass is 10.1. The molecular formula is C9H8N4O2. The maximum Gasteiger partial charge on any atom is 0.279 e. The molecule has 3 N–H and O–H groups in total. The summed E-state index contributed by atoms with van der Waals surface area (Å²) < 4.78 is 0. The molecule has 2 rings (SSSR count). The van der Waals surface area contributed by atoms with Crippen LogP contribution in [0.5, 0.6) is 0 Å². The average Bonchev–Trinajstić information content (AvgIpc) is 2.62. The van der Waals surface area contributed by atoms with Crippen LogP contribution >= 0.6 is 0 Å². The van der Waals surface area contributed by atoms with Crippen LogP contribution in [0.25, 0.3) is 10.9 Å². The van der Waals surface area contributed by atoms with Gasteiger partial charge < -0.3 is 10.8 Å². The summed E-state index contributed by atoms with van der Waals surface area (Å²) in [4.78, 5) is 13.3. The Labute approximate surface area is 84.5 Å². The van der Waals surface area contributed by atoms with Crippen molar-refractivity contribution in [1.29, 1.82) is 0 Å². The van der Waals surface area contributed by atoms with E-state index in [9.17, 15) is 10.1 Å². The maximum atomic E-state index is 10.8. The quantitative estimate of drug-likeness (QED) is 0.334. The van der Waals surface area contributed by atoms with E-state index in [1.54, 1.807) is 18.3 Å². The smallest absolute Gasteiger partial charge is 0.279 e. The van der Waals surface area contributed by atoms with Crippen LogP contribution in [0.2, 0.25) is 0 Å². The van der Waals surface area contributed by atoms with Crippen LogP contribution < -0.4 is 5.84 Å². The minimum absolute atomic E-state index is 0.0450. The highest BCUT2D eigenvalue weighted by atomic mass is 16.6. The Balaban J connectivity index is 2.80. The number of benzene rings is 1. The number of aromatic amines is 1. The summed E-state index contributed by atoms with van der Waals surface area (Å²) in [5, 5.41) is 14.7. The van der Waals surface area contributed by atoms with Crippen LogP contribution in [0.4, 0.5) is 5.69 Å². The van der Waals surface area contributed by atoms with Gasteiger partial charge in [0, 0.05) is 17.8 Å². The van der Waals surface area contributed by atoms with E-state index >= 15 is 0 Å². The Morgan fingerprint density at radius 3 is 3.00 bits per heavy atom. The van der Waals surface area contributed by atoms with E-state index in [1.165, 1.54) is 12.3 Å². The van der Waals surface area contributed by atoms with Crippen molar-refractivity contribution in [2.45, 2.75) is 0 Å². The van der Waals surface area contributed by atoms with Gasteiger partial charge >= 0.3 is 0 Å². The molecule has 0 spiro atoms. The Morgan fingerprint density at radius 1 is 1.53 bits per heavy atom. The summed E-state index contributed by atoms with van der Waals surface area (Å²) in [6.45, 7) is 0. The van der Waals surface area contributed by atoms with E-state index in [4.69, 9.17) is 5.84 Å². The second-order valence-corrected chi connectivity index (χ2v) is 2.98. The van der Waals surface area contributed by atoms with Gasteiger partial charge in [0.25, 0.3) is 5.69 Å². The molecular weight excluding hydrogens is 196 g/mol. The molecule has 15 heavy (non-hydrogen) atoms. The lowest BCUT2D eigenvalue weighted by Crippen LogP contribution is -1.91. The molecule has 0 amide bonds. The first-order chi connectivity index (χ1) is 7.24. The third-order valence-electron chi connectivity index (χ3n) is 2.12. The summed E-state index contributed by atoms with van der Waals surface area (Å²) >= 11 is 0. The molecule has 0 unspecified atom stereocenters. The van der Waals surface area contributed by atoms with Gasteiger partial charge in [0.05, 0.1) is 22.0 Å². The van der Waals surface area contributed by atoms with Crippen molar-refractivity contribution in [3.05, 3.63) is 40.1 Å². The molecule has 1 aromatic heterocycles. The number of rotatable bonds is 2. The zero-order valence-electron chi connectivity index (χ0n) is 7.68. The predicted octanol–water partition coefficient (Wildman–Crippen LogP) is 1.37. The Bertz CT molecular complexity index is 544. The molecule has 0 aliphatic rings. The molecule has 0 aliphatic carbocycles. The molecule has 6 heteroatoms. The van der Waals surface area contributed by atoms with Gasteiger partial charge in [-0.3, -0.25) is 10.1 Å². The van der Waals surface area contributed by atoms with Crippen LogP contribution in [0.3, 0.4) is 0 Å². The minimum Gasteiger partial charge on any atom is -0.360 e. The number of H-pyrrole nitrogens is 1. The number of hydrogen-bond acceptors (Lipinski definition) is 4. The van der Waals surface area contributed by atoms with E-state index in [1.807, 2.05) is 0 Å². The summed E-state index contributed by atoms with van der Waals surface area (Å²) in [6.07, 6.45) is 3.01. The van der Waals surface area contributed by atoms with Gasteiger partial charge in [0.15, 0.2) is 0 Å². The normalized spacial score (nSPS) is 11.2. The van der Waals surface area contributed by atoms with Crippen LogP contribution in [-0.2, 0) is 0 Å². The van der Waals surface area contributed by atoms with Crippen LogP contribution in [-0.4, -0.2) is 16.1 Å². The molecule has 2 aromatic rings. The number of hydrogen-bond donors (Lipinski definition) is 2. The Hall–Kier alpha value is -2.37. The molecule has 1 aromatic carbocycles. The Morgan fingerprint density at radius 2 is 2.33 bits per heavy atom. The number of nitrogens with two attached hydrogens (primary N) is 1. The minimum atomic E-state index is -0.427. The van der Waals surface area contributed by atoms with E-state index < -0.39 is 4.92 Å². The van der Waals surface area contributed by atoms with Gasteiger partial charge in [0.1, 0.15) is 0 Å². The van der Waals surface area contributed by atoms with Gasteiger partial charge in [-0.05, 0) is 6.07 Å². The number of nitro groups is 1. The zero-order valence-corrected chi connectivity index (χ0v) is 7.68. The highest BCUT2D eigenvalue weighted by Gasteiger charge is 2.15. The van der Waals surface area contributed by atoms with Crippen molar-refractivity contribution < 1.29 is 4.92 Å². The molecule has 0 saturated heterocycles. The van der Waals surface area contributed by atoms with Crippen LogP contribution in [0.1, 0.15) is 5.56 Å². The number of aromatic nitrogens is 1. The summed E-state index contributed by atoms with van der Waals surface area (Å²) in [5.41, 5.74) is 1.35. The number of nitrogens with zero attached hydrogens (tertiary/aromatic N) is 2. The first-order valence-electron chi connectivity index (χ1n) is 4.22. The standard InChI is InChI=1S/C9H8N4O2/c10-12-5-6-4-11-7-2-1-3-8(9(6)7)13(14)15/h1-5,11H,10H2/b12-5-. The molecule has 0 bridgehead atoms. The Kier molecular flexibility index (Phi) is 2.09. The number of nitrogens with one attached hydrogen (secondary N) is 1. The van der Waals surface area contributed by atoms with E-state index in [0.717, 1.165) is 0 Å². The zero-order chi connectivity index (χ0) is 10.8. The molecule has 0 saturated carbocycles. The largest absolute Gasteiger partial charge is 0.360 e. The van der Waals surface area contributed by atoms with Crippen molar-refractivity contribution in [3.8, 4) is 0 Å². The van der Waals surface area contributed by atoms with Crippen molar-refractivity contribution in [2.24, 2.45) is 10.9 Å². The van der Waals surface area contributed by atoms with Gasteiger partial charge in [-0.2, -0.15) is 5.10 Å². The van der Waals surface area contributed by atoms with Crippen LogP contribution in [0.15, 0.2) is 29.5 Å². The molecule has 0 fully saturated rings. The fraction of sp³-hybridized carbons (Fsp3) is 0. The van der Waals surface area contributed by atoms with Gasteiger partial charge in [-0.25, -0.2) is 0 Å². The first-order valence-corrected chi connectivity index (χ1v) is 4.22. The lowest BCUT2D eigenvalue weighted by Gasteiger charge is -1.94. The molecule has 6 nitrogen and oxygen atoms in total. The molecule has 0 atom stereocenters. The lowest BCUT2D eigenvalue weighted by molar-refractivity contribution is -0.383. The fourth-order valence-electron chi connectivity index (χ4n) is 1.53. The average molecular weight is 204 g/mol. The number of non-ortho nitro benzene ring substituents is 1. The predicted molar refractivity (Wildman–Crippen MR) is 56.7 cm³/mol. The van der Waals surface area contributed by atoms with Crippen molar-refractivity contribution in [1.82, 2.24) is 4.98 Å². The van der Waals surface area contributed by atoms with Gasteiger partial charge in [0.2, 0.25) is 0 Å². The molecule has 1 heterocycles. The van der Waals surface area contributed by atoms with Crippen molar-refractivity contribution >= 4 is 22.8 Å². The molecule has 76 valence electrons. The fourth-order valence-corrected chi connectivity index (χ4v) is 1.53. The second kappa shape index (κ2) is 3.41. The maximum absolute atomic E-state index is 10.8. The second-order valence-electron chi connectivity index (χ2n) is 2.98. The van der Waals surface area contributed by atoms with Gasteiger partial charge in [-0.1, -0.05) is 6.07 Å². The summed E-state index contributed by atoms with van der Waals surface area (Å²) in [5.74, 6) is 5.02. The third kappa shape index (κ3) is 1.41. The summed E-state index contributed by atoms with van der Waals surface area (Å²) in [6, 6.07) is 4.83. The molecule has 0 aliphatic heterocycles. The SMILES string of the molecule is N/N=C\c1c[nH]c2cccc([N+](=O)[O-])c12. The number of nitro benzene ring substituents is 1. The van der Waals surface area contributed by atoms with E-state index in [-0.39, 0.29) is 5.69 Å². The highest BCUT2D eigenvalue weighted by molar-refractivity contribution is 6.03. The van der Waals surface area contributed by atoms with Gasteiger partial charge in [-0.15, -0.1) is 0 Å².